The smallest absolute Gasteiger partial charge is 0.352 e. The van der Waals surface area contributed by atoms with Gasteiger partial charge in [0.25, 0.3) is 0 Å². The summed E-state index contributed by atoms with van der Waals surface area (Å²) in [5.74, 6) is -0.884. The van der Waals surface area contributed by atoms with Gasteiger partial charge < -0.3 is 9.84 Å². The highest BCUT2D eigenvalue weighted by Crippen LogP contribution is 2.51. The van der Waals surface area contributed by atoms with E-state index in [0.717, 1.165) is 10.1 Å². The van der Waals surface area contributed by atoms with Gasteiger partial charge in [-0.05, 0) is 36.8 Å². The van der Waals surface area contributed by atoms with Crippen LogP contribution in [0.15, 0.2) is 92.6 Å². The highest BCUT2D eigenvalue weighted by molar-refractivity contribution is 6.23. The Labute approximate surface area is 210 Å². The number of methoxy groups -OCH3 is 1. The zero-order valence-electron chi connectivity index (χ0n) is 20.2. The molecule has 2 atom stereocenters. The number of hydrogen-bond acceptors (Lipinski definition) is 6. The van der Waals surface area contributed by atoms with E-state index < -0.39 is 23.3 Å². The van der Waals surface area contributed by atoms with Crippen LogP contribution in [0, 0.1) is 0 Å². The van der Waals surface area contributed by atoms with Crippen molar-refractivity contribution < 1.29 is 19.4 Å². The molecule has 0 radical (unpaired) electrons. The molecule has 9 nitrogen and oxygen atoms in total. The predicted molar refractivity (Wildman–Crippen MR) is 134 cm³/mol. The van der Waals surface area contributed by atoms with E-state index in [-0.39, 0.29) is 30.3 Å². The molecule has 3 aromatic rings. The summed E-state index contributed by atoms with van der Waals surface area (Å²) in [6.07, 6.45) is 3.28. The number of ether oxygens (including phenoxy) is 1. The number of Topliss-reactive ketones (excluding diaryl/α,β-unsaturated/α-hetero) is 1. The van der Waals surface area contributed by atoms with Crippen molar-refractivity contribution in [3.63, 3.8) is 0 Å². The Morgan fingerprint density at radius 3 is 2.49 bits per heavy atom. The van der Waals surface area contributed by atoms with Crippen molar-refractivity contribution >= 4 is 11.6 Å². The molecule has 1 aromatic heterocycles. The van der Waals surface area contributed by atoms with Gasteiger partial charge in [0.05, 0.1) is 25.4 Å². The van der Waals surface area contributed by atoms with E-state index in [1.54, 1.807) is 43.3 Å². The first-order chi connectivity index (χ1) is 17.8. The van der Waals surface area contributed by atoms with Crippen LogP contribution in [0.3, 0.4) is 0 Å². The Morgan fingerprint density at radius 2 is 1.76 bits per heavy atom. The predicted octanol–water partition coefficient (Wildman–Crippen LogP) is 2.58. The second-order valence-electron chi connectivity index (χ2n) is 9.36. The summed E-state index contributed by atoms with van der Waals surface area (Å²) in [4.78, 5) is 53.7. The van der Waals surface area contributed by atoms with Crippen molar-refractivity contribution in [1.29, 1.82) is 0 Å². The molecule has 6 rings (SSSR count). The van der Waals surface area contributed by atoms with Crippen molar-refractivity contribution in [2.45, 2.75) is 31.8 Å². The average Bonchev–Trinajstić information content (AvgIpc) is 3.16. The Morgan fingerprint density at radius 1 is 1.00 bits per heavy atom. The lowest BCUT2D eigenvalue weighted by Crippen LogP contribution is -2.40. The number of phenolic OH excluding ortho intramolecular Hbond substituents is 1. The van der Waals surface area contributed by atoms with Crippen LogP contribution in [0.2, 0.25) is 0 Å². The molecule has 0 unspecified atom stereocenters. The molecule has 2 aromatic carbocycles. The summed E-state index contributed by atoms with van der Waals surface area (Å²) in [6, 6.07) is 12.6. The van der Waals surface area contributed by atoms with Crippen LogP contribution in [0.5, 0.6) is 11.5 Å². The van der Waals surface area contributed by atoms with Crippen LogP contribution in [-0.2, 0) is 16.1 Å². The average molecular weight is 498 g/mol. The Balaban J connectivity index is 1.61. The minimum absolute atomic E-state index is 0.00750. The summed E-state index contributed by atoms with van der Waals surface area (Å²) in [5, 5.41) is 10.1. The number of carbonyl (C=O) groups is 2. The van der Waals surface area contributed by atoms with Crippen molar-refractivity contribution in [2.75, 3.05) is 7.11 Å². The fourth-order valence-electron chi connectivity index (χ4n) is 5.73. The van der Waals surface area contributed by atoms with Crippen molar-refractivity contribution in [1.82, 2.24) is 13.9 Å². The lowest BCUT2D eigenvalue weighted by atomic mass is 9.67. The van der Waals surface area contributed by atoms with E-state index in [1.165, 1.54) is 34.7 Å². The highest BCUT2D eigenvalue weighted by Gasteiger charge is 2.45. The number of nitrogens with zero attached hydrogens (tertiary/aromatic N) is 3. The van der Waals surface area contributed by atoms with Crippen LogP contribution in [0.1, 0.15) is 30.9 Å². The summed E-state index contributed by atoms with van der Waals surface area (Å²) in [6.45, 7) is 1.73. The zero-order valence-corrected chi connectivity index (χ0v) is 20.2. The number of carbonyl (C=O) groups excluding carboxylic acids is 2. The maximum atomic E-state index is 13.7. The molecule has 9 heteroatoms. The number of aromatic nitrogens is 3. The number of phenols is 1. The van der Waals surface area contributed by atoms with Gasteiger partial charge in [0.2, 0.25) is 0 Å². The molecule has 0 saturated heterocycles. The van der Waals surface area contributed by atoms with Gasteiger partial charge in [0.15, 0.2) is 11.6 Å². The number of benzene rings is 2. The lowest BCUT2D eigenvalue weighted by molar-refractivity contribution is -0.116. The molecular weight excluding hydrogens is 474 g/mol. The molecular formula is C28H23N3O6. The molecule has 2 aliphatic carbocycles. The van der Waals surface area contributed by atoms with Gasteiger partial charge in [0, 0.05) is 40.7 Å². The molecule has 0 spiro atoms. The van der Waals surface area contributed by atoms with Gasteiger partial charge >= 0.3 is 11.4 Å². The standard InChI is InChI=1S/C28H23N3O6/c1-15-12-22(33)20-14-21-18(24(25(20)26(15)34)19-9-8-17(32)13-23(19)37-2)10-11-29-27(35)30(28(36)31(21)29)16-6-4-3-5-7-16/h3-10,12-13,21,24,32H,11,14H2,1-2H3/t21-,24-/m1/s1. The topological polar surface area (TPSA) is 113 Å². The number of rotatable bonds is 3. The number of aromatic hydroxyl groups is 1. The van der Waals surface area contributed by atoms with Crippen molar-refractivity contribution in [2.24, 2.45) is 0 Å². The summed E-state index contributed by atoms with van der Waals surface area (Å²) in [5.41, 5.74) is 1.77. The van der Waals surface area contributed by atoms with E-state index in [2.05, 4.69) is 0 Å². The SMILES string of the molecule is COc1cc(O)ccc1[C@H]1C2=CCn3c(=O)n(-c4ccccc4)c(=O)n3[C@@H]2CC2=C1C(=O)C(C)=CC2=O. The summed E-state index contributed by atoms with van der Waals surface area (Å²) < 4.78 is 9.44. The molecule has 1 N–H and O–H groups in total. The quantitative estimate of drug-likeness (QED) is 0.440. The molecule has 2 heterocycles. The maximum Gasteiger partial charge on any atom is 0.352 e. The third-order valence-electron chi connectivity index (χ3n) is 7.37. The number of hydrogen-bond donors (Lipinski definition) is 1. The van der Waals surface area contributed by atoms with E-state index in [0.29, 0.717) is 33.7 Å². The van der Waals surface area contributed by atoms with Crippen LogP contribution >= 0.6 is 0 Å². The summed E-state index contributed by atoms with van der Waals surface area (Å²) in [7, 11) is 1.46. The number of allylic oxidation sites excluding steroid dienone is 6. The number of para-hydroxylation sites is 1. The fraction of sp³-hybridized carbons (Fsp3) is 0.214. The van der Waals surface area contributed by atoms with Gasteiger partial charge in [-0.25, -0.2) is 23.5 Å². The molecule has 1 aliphatic heterocycles. The van der Waals surface area contributed by atoms with E-state index >= 15 is 0 Å². The minimum Gasteiger partial charge on any atom is -0.508 e. The first-order valence-electron chi connectivity index (χ1n) is 11.9. The van der Waals surface area contributed by atoms with E-state index in [1.807, 2.05) is 6.08 Å². The molecule has 3 aliphatic rings. The first kappa shape index (κ1) is 22.8. The third kappa shape index (κ3) is 3.23. The van der Waals surface area contributed by atoms with Crippen molar-refractivity contribution in [3.8, 4) is 17.2 Å². The van der Waals surface area contributed by atoms with Gasteiger partial charge in [-0.2, -0.15) is 0 Å². The van der Waals surface area contributed by atoms with Gasteiger partial charge in [-0.15, -0.1) is 0 Å². The second kappa shape index (κ2) is 8.19. The van der Waals surface area contributed by atoms with Crippen LogP contribution in [0.4, 0.5) is 0 Å². The van der Waals surface area contributed by atoms with Crippen LogP contribution < -0.4 is 16.1 Å². The highest BCUT2D eigenvalue weighted by atomic mass is 16.5. The molecule has 186 valence electrons. The van der Waals surface area contributed by atoms with Gasteiger partial charge in [-0.3, -0.25) is 9.59 Å². The fourth-order valence-corrected chi connectivity index (χ4v) is 5.73. The molecule has 37 heavy (non-hydrogen) atoms. The van der Waals surface area contributed by atoms with Crippen LogP contribution in [0.25, 0.3) is 5.69 Å². The zero-order chi connectivity index (χ0) is 26.0. The third-order valence-corrected chi connectivity index (χ3v) is 7.37. The molecule has 0 fully saturated rings. The Bertz CT molecular complexity index is 1710. The van der Waals surface area contributed by atoms with Crippen LogP contribution in [-0.4, -0.2) is 37.7 Å². The molecule has 0 bridgehead atoms. The Hall–Kier alpha value is -4.66. The summed E-state index contributed by atoms with van der Waals surface area (Å²) >= 11 is 0. The second-order valence-corrected chi connectivity index (χ2v) is 9.36. The number of ketones is 2. The monoisotopic (exact) mass is 497 g/mol. The van der Waals surface area contributed by atoms with Gasteiger partial charge in [-0.1, -0.05) is 30.3 Å². The number of fused-ring (bicyclic) bond motifs is 3. The Kier molecular flexibility index (Phi) is 5.04. The molecule has 0 amide bonds. The van der Waals surface area contributed by atoms with Gasteiger partial charge in [0.1, 0.15) is 11.5 Å². The largest absolute Gasteiger partial charge is 0.508 e. The van der Waals surface area contributed by atoms with Crippen molar-refractivity contribution in [3.05, 3.63) is 110 Å². The van der Waals surface area contributed by atoms with E-state index in [9.17, 15) is 24.3 Å². The maximum absolute atomic E-state index is 13.7. The minimum atomic E-state index is -0.694. The van der Waals surface area contributed by atoms with E-state index in [4.69, 9.17) is 4.74 Å². The molecule has 0 saturated carbocycles. The lowest BCUT2D eigenvalue weighted by Gasteiger charge is -2.40. The first-order valence-corrected chi connectivity index (χ1v) is 11.9. The normalized spacial score (nSPS) is 20.6.